The Morgan fingerprint density at radius 3 is 2.56 bits per heavy atom. The molecule has 0 spiro atoms. The van der Waals surface area contributed by atoms with Gasteiger partial charge in [0.25, 0.3) is 5.91 Å². The van der Waals surface area contributed by atoms with Crippen LogP contribution in [-0.2, 0) is 32.2 Å². The second kappa shape index (κ2) is 8.54. The number of amides is 1. The van der Waals surface area contributed by atoms with E-state index >= 15 is 0 Å². The first kappa shape index (κ1) is 21.5. The highest BCUT2D eigenvalue weighted by atomic mass is 32.2. The Bertz CT molecular complexity index is 1150. The highest BCUT2D eigenvalue weighted by Gasteiger charge is 2.39. The Balaban J connectivity index is 1.29. The summed E-state index contributed by atoms with van der Waals surface area (Å²) < 4.78 is 29.4. The van der Waals surface area contributed by atoms with Gasteiger partial charge in [0.05, 0.1) is 17.1 Å². The van der Waals surface area contributed by atoms with E-state index in [-0.39, 0.29) is 36.1 Å². The molecule has 1 unspecified atom stereocenters. The number of fused-ring (bicyclic) bond motifs is 3. The van der Waals surface area contributed by atoms with Crippen LogP contribution in [-0.4, -0.2) is 60.4 Å². The van der Waals surface area contributed by atoms with Gasteiger partial charge in [-0.15, -0.1) is 0 Å². The van der Waals surface area contributed by atoms with Crippen molar-refractivity contribution in [2.45, 2.75) is 69.9 Å². The van der Waals surface area contributed by atoms with Gasteiger partial charge in [0.2, 0.25) is 0 Å². The lowest BCUT2D eigenvalue weighted by atomic mass is 9.95. The van der Waals surface area contributed by atoms with Gasteiger partial charge in [-0.1, -0.05) is 12.8 Å². The molecule has 1 aromatic carbocycles. The lowest BCUT2D eigenvalue weighted by Gasteiger charge is -2.33. The van der Waals surface area contributed by atoms with Gasteiger partial charge in [0.15, 0.2) is 16.4 Å². The minimum Gasteiger partial charge on any atom is -0.452 e. The number of aromatic nitrogens is 1. The summed E-state index contributed by atoms with van der Waals surface area (Å²) in [5.41, 5.74) is 4.01. The van der Waals surface area contributed by atoms with Gasteiger partial charge < -0.3 is 14.6 Å². The van der Waals surface area contributed by atoms with Crippen LogP contribution in [0.2, 0.25) is 0 Å². The normalized spacial score (nSPS) is 22.7. The van der Waals surface area contributed by atoms with Crippen molar-refractivity contribution in [2.24, 2.45) is 0 Å². The second-order valence-electron chi connectivity index (χ2n) is 9.42. The van der Waals surface area contributed by atoms with Crippen molar-refractivity contribution < 1.29 is 22.7 Å². The van der Waals surface area contributed by atoms with Gasteiger partial charge >= 0.3 is 5.97 Å². The molecule has 1 N–H and O–H groups in total. The predicted molar refractivity (Wildman–Crippen MR) is 121 cm³/mol. The molecule has 7 nitrogen and oxygen atoms in total. The second-order valence-corrected chi connectivity index (χ2v) is 11.7. The molecule has 2 heterocycles. The first-order chi connectivity index (χ1) is 15.4. The molecule has 3 aliphatic rings. The summed E-state index contributed by atoms with van der Waals surface area (Å²) in [6.45, 7) is -0.352. The summed E-state index contributed by atoms with van der Waals surface area (Å²) in [7, 11) is -3.11. The average molecular weight is 459 g/mol. The fraction of sp³-hybridized carbons (Fsp3) is 0.583. The van der Waals surface area contributed by atoms with E-state index in [1.165, 1.54) is 17.7 Å². The number of benzene rings is 1. The van der Waals surface area contributed by atoms with Crippen molar-refractivity contribution in [2.75, 3.05) is 18.1 Å². The molecule has 0 radical (unpaired) electrons. The molecule has 1 atom stereocenters. The Morgan fingerprint density at radius 1 is 1.03 bits per heavy atom. The number of hydrogen-bond donors (Lipinski definition) is 1. The molecule has 1 aliphatic heterocycles. The molecular formula is C24H30N2O5S. The first-order valence-corrected chi connectivity index (χ1v) is 13.6. The van der Waals surface area contributed by atoms with Crippen LogP contribution in [0.1, 0.15) is 66.6 Å². The summed E-state index contributed by atoms with van der Waals surface area (Å²) in [5, 5.41) is 1.06. The lowest BCUT2D eigenvalue weighted by molar-refractivity contribution is -0.139. The smallest absolute Gasteiger partial charge is 0.338 e. The summed E-state index contributed by atoms with van der Waals surface area (Å²) >= 11 is 0. The van der Waals surface area contributed by atoms with Crippen LogP contribution in [0, 0.1) is 0 Å². The van der Waals surface area contributed by atoms with Crippen molar-refractivity contribution in [3.05, 3.63) is 35.0 Å². The van der Waals surface area contributed by atoms with E-state index in [2.05, 4.69) is 4.98 Å². The number of esters is 1. The van der Waals surface area contributed by atoms with E-state index in [4.69, 9.17) is 4.74 Å². The summed E-state index contributed by atoms with van der Waals surface area (Å²) in [5.74, 6) is -0.670. The van der Waals surface area contributed by atoms with Gasteiger partial charge in [-0.25, -0.2) is 13.2 Å². The zero-order valence-electron chi connectivity index (χ0n) is 18.3. The number of H-pyrrole nitrogens is 1. The van der Waals surface area contributed by atoms with Gasteiger partial charge in [-0.05, 0) is 68.7 Å². The van der Waals surface area contributed by atoms with E-state index in [1.807, 2.05) is 12.1 Å². The van der Waals surface area contributed by atoms with Crippen molar-refractivity contribution in [1.29, 1.82) is 0 Å². The van der Waals surface area contributed by atoms with E-state index in [1.54, 1.807) is 11.0 Å². The Hall–Kier alpha value is -2.35. The minimum absolute atomic E-state index is 0.0124. The molecule has 1 aromatic heterocycles. The lowest BCUT2D eigenvalue weighted by Crippen LogP contribution is -2.48. The standard InChI is InChI=1S/C24H30N2O5S/c27-23(26(17-5-1-2-6-17)18-11-12-32(29,30)15-18)14-31-24(28)16-9-10-22-20(13-16)19-7-3-4-8-21(19)25-22/h9-10,13,17-18,25H,1-8,11-12,14-15H2. The van der Waals surface area contributed by atoms with E-state index in [9.17, 15) is 18.0 Å². The number of carbonyl (C=O) groups excluding carboxylic acids is 2. The van der Waals surface area contributed by atoms with E-state index in [0.29, 0.717) is 12.0 Å². The zero-order chi connectivity index (χ0) is 22.3. The van der Waals surface area contributed by atoms with Crippen LogP contribution in [0.4, 0.5) is 0 Å². The third-order valence-corrected chi connectivity index (χ3v) is 9.02. The maximum atomic E-state index is 13.1. The number of rotatable bonds is 5. The SMILES string of the molecule is O=C(OCC(=O)N(C1CCCC1)C1CCS(=O)(=O)C1)c1ccc2[nH]c3c(c2c1)CCCC3. The highest BCUT2D eigenvalue weighted by Crippen LogP contribution is 2.31. The number of sulfone groups is 1. The molecule has 172 valence electrons. The predicted octanol–water partition coefficient (Wildman–Crippen LogP) is 3.16. The molecular weight excluding hydrogens is 428 g/mol. The van der Waals surface area contributed by atoms with Crippen LogP contribution < -0.4 is 0 Å². The average Bonchev–Trinajstić information content (AvgIpc) is 3.51. The number of hydrogen-bond acceptors (Lipinski definition) is 5. The summed E-state index contributed by atoms with van der Waals surface area (Å²) in [6.07, 6.45) is 8.67. The van der Waals surface area contributed by atoms with Crippen molar-refractivity contribution in [3.63, 3.8) is 0 Å². The van der Waals surface area contributed by atoms with Crippen molar-refractivity contribution in [3.8, 4) is 0 Å². The van der Waals surface area contributed by atoms with Gasteiger partial charge in [0, 0.05) is 28.7 Å². The van der Waals surface area contributed by atoms with Gasteiger partial charge in [-0.2, -0.15) is 0 Å². The molecule has 8 heteroatoms. The van der Waals surface area contributed by atoms with E-state index in [0.717, 1.165) is 55.8 Å². The number of aryl methyl sites for hydroxylation is 2. The van der Waals surface area contributed by atoms with Gasteiger partial charge in [0.1, 0.15) is 0 Å². The minimum atomic E-state index is -3.11. The fourth-order valence-corrected chi connectivity index (χ4v) is 7.41. The first-order valence-electron chi connectivity index (χ1n) is 11.7. The maximum Gasteiger partial charge on any atom is 0.338 e. The molecule has 5 rings (SSSR count). The molecule has 1 saturated carbocycles. The Kier molecular flexibility index (Phi) is 5.73. The van der Waals surface area contributed by atoms with Crippen LogP contribution in [0.3, 0.4) is 0 Å². The number of carbonyl (C=O) groups is 2. The Labute approximate surface area is 188 Å². The van der Waals surface area contributed by atoms with Crippen molar-refractivity contribution >= 4 is 32.6 Å². The number of aromatic amines is 1. The monoisotopic (exact) mass is 458 g/mol. The fourth-order valence-electron chi connectivity index (χ4n) is 5.70. The number of nitrogens with one attached hydrogen (secondary N) is 1. The third-order valence-electron chi connectivity index (χ3n) is 7.27. The maximum absolute atomic E-state index is 13.1. The number of nitrogens with zero attached hydrogens (tertiary/aromatic N) is 1. The Morgan fingerprint density at radius 2 is 1.81 bits per heavy atom. The van der Waals surface area contributed by atoms with Crippen LogP contribution in [0.25, 0.3) is 10.9 Å². The summed E-state index contributed by atoms with van der Waals surface area (Å²) in [4.78, 5) is 31.0. The topological polar surface area (TPSA) is 96.5 Å². The van der Waals surface area contributed by atoms with Crippen LogP contribution in [0.5, 0.6) is 0 Å². The number of ether oxygens (including phenoxy) is 1. The van der Waals surface area contributed by atoms with Crippen LogP contribution in [0.15, 0.2) is 18.2 Å². The largest absolute Gasteiger partial charge is 0.452 e. The molecule has 2 fully saturated rings. The molecule has 1 saturated heterocycles. The van der Waals surface area contributed by atoms with Crippen LogP contribution >= 0.6 is 0 Å². The molecule has 0 bridgehead atoms. The van der Waals surface area contributed by atoms with Crippen molar-refractivity contribution in [1.82, 2.24) is 9.88 Å². The highest BCUT2D eigenvalue weighted by molar-refractivity contribution is 7.91. The van der Waals surface area contributed by atoms with Gasteiger partial charge in [-0.3, -0.25) is 4.79 Å². The molecule has 2 aromatic rings. The third kappa shape index (κ3) is 4.17. The zero-order valence-corrected chi connectivity index (χ0v) is 19.1. The molecule has 2 aliphatic carbocycles. The molecule has 32 heavy (non-hydrogen) atoms. The van der Waals surface area contributed by atoms with E-state index < -0.39 is 15.8 Å². The summed E-state index contributed by atoms with van der Waals surface area (Å²) in [6, 6.07) is 5.23. The molecule has 1 amide bonds. The quantitative estimate of drug-likeness (QED) is 0.695.